The van der Waals surface area contributed by atoms with Gasteiger partial charge in [-0.25, -0.2) is 17.8 Å². The fraction of sp³-hybridized carbons (Fsp3) is 0.238. The van der Waals surface area contributed by atoms with E-state index in [1.165, 1.54) is 12.1 Å². The van der Waals surface area contributed by atoms with E-state index >= 15 is 0 Å². The third kappa shape index (κ3) is 5.52. The maximum absolute atomic E-state index is 12.4. The first-order chi connectivity index (χ1) is 13.8. The van der Waals surface area contributed by atoms with Crippen LogP contribution >= 0.6 is 0 Å². The predicted octanol–water partition coefficient (Wildman–Crippen LogP) is 2.53. The zero-order valence-electron chi connectivity index (χ0n) is 16.4. The lowest BCUT2D eigenvalue weighted by Gasteiger charge is -2.11. The van der Waals surface area contributed by atoms with Crippen LogP contribution in [-0.4, -0.2) is 36.7 Å². The van der Waals surface area contributed by atoms with Crippen molar-refractivity contribution >= 4 is 15.9 Å². The third-order valence-corrected chi connectivity index (χ3v) is 5.81. The van der Waals surface area contributed by atoms with Gasteiger partial charge in [0.05, 0.1) is 16.8 Å². The topological polar surface area (TPSA) is 93.1 Å². The molecular weight excluding hydrogens is 388 g/mol. The summed E-state index contributed by atoms with van der Waals surface area (Å²) in [5.41, 5.74) is 2.26. The van der Waals surface area contributed by atoms with Crippen LogP contribution in [0.1, 0.15) is 29.8 Å². The molecule has 2 N–H and O–H groups in total. The van der Waals surface area contributed by atoms with Crippen LogP contribution in [0.5, 0.6) is 0 Å². The number of carbonyl (C=O) groups excluding carboxylic acids is 1. The van der Waals surface area contributed by atoms with E-state index in [1.807, 2.05) is 36.5 Å². The van der Waals surface area contributed by atoms with Crippen molar-refractivity contribution in [2.75, 3.05) is 6.54 Å². The number of amides is 1. The van der Waals surface area contributed by atoms with E-state index in [1.54, 1.807) is 36.9 Å². The third-order valence-electron chi connectivity index (χ3n) is 4.15. The van der Waals surface area contributed by atoms with Crippen LogP contribution in [0.4, 0.5) is 0 Å². The summed E-state index contributed by atoms with van der Waals surface area (Å²) < 4.78 is 28.9. The van der Waals surface area contributed by atoms with E-state index < -0.39 is 10.0 Å². The van der Waals surface area contributed by atoms with Gasteiger partial charge < -0.3 is 5.32 Å². The van der Waals surface area contributed by atoms with Gasteiger partial charge in [0.25, 0.3) is 5.91 Å². The summed E-state index contributed by atoms with van der Waals surface area (Å²) in [6.45, 7) is 3.91. The molecular formula is C21H24N4O3S. The highest BCUT2D eigenvalue weighted by Gasteiger charge is 2.17. The molecule has 0 atom stereocenters. The molecule has 0 saturated heterocycles. The van der Waals surface area contributed by atoms with Gasteiger partial charge in [0, 0.05) is 24.3 Å². The Balaban J connectivity index is 1.59. The Morgan fingerprint density at radius 3 is 2.59 bits per heavy atom. The Labute approximate surface area is 170 Å². The van der Waals surface area contributed by atoms with Crippen LogP contribution in [0, 0.1) is 0 Å². The van der Waals surface area contributed by atoms with E-state index in [0.29, 0.717) is 18.5 Å². The average molecular weight is 413 g/mol. The fourth-order valence-corrected chi connectivity index (χ4v) is 4.11. The summed E-state index contributed by atoms with van der Waals surface area (Å²) in [6.07, 6.45) is 4.31. The van der Waals surface area contributed by atoms with E-state index in [9.17, 15) is 13.2 Å². The molecule has 0 saturated carbocycles. The SMILES string of the molecule is CC(C)NS(=O)(=O)c1cccc(C(=O)NCCc2cnn(-c3ccccc3)c2)c1. The molecule has 2 aromatic carbocycles. The predicted molar refractivity (Wildman–Crippen MR) is 112 cm³/mol. The molecule has 3 rings (SSSR count). The van der Waals surface area contributed by atoms with Crippen molar-refractivity contribution in [2.45, 2.75) is 31.2 Å². The summed E-state index contributed by atoms with van der Waals surface area (Å²) in [4.78, 5) is 12.5. The van der Waals surface area contributed by atoms with Gasteiger partial charge in [-0.15, -0.1) is 0 Å². The van der Waals surface area contributed by atoms with Crippen LogP contribution in [0.25, 0.3) is 5.69 Å². The van der Waals surface area contributed by atoms with Crippen LogP contribution in [0.2, 0.25) is 0 Å². The van der Waals surface area contributed by atoms with Crippen LogP contribution in [0.15, 0.2) is 71.9 Å². The van der Waals surface area contributed by atoms with Gasteiger partial charge in [-0.2, -0.15) is 5.10 Å². The van der Waals surface area contributed by atoms with E-state index in [2.05, 4.69) is 15.1 Å². The molecule has 0 fully saturated rings. The summed E-state index contributed by atoms with van der Waals surface area (Å²) in [7, 11) is -3.64. The van der Waals surface area contributed by atoms with Crippen molar-refractivity contribution < 1.29 is 13.2 Å². The van der Waals surface area contributed by atoms with Gasteiger partial charge in [0.2, 0.25) is 10.0 Å². The van der Waals surface area contributed by atoms with E-state index in [-0.39, 0.29) is 16.8 Å². The molecule has 0 aliphatic rings. The number of carbonyl (C=O) groups is 1. The molecule has 1 heterocycles. The smallest absolute Gasteiger partial charge is 0.251 e. The van der Waals surface area contributed by atoms with Crippen molar-refractivity contribution in [2.24, 2.45) is 0 Å². The number of nitrogens with zero attached hydrogens (tertiary/aromatic N) is 2. The molecule has 0 aliphatic heterocycles. The number of hydrogen-bond donors (Lipinski definition) is 2. The molecule has 0 spiro atoms. The zero-order valence-corrected chi connectivity index (χ0v) is 17.2. The van der Waals surface area contributed by atoms with Crippen molar-refractivity contribution in [3.8, 4) is 5.69 Å². The number of hydrogen-bond acceptors (Lipinski definition) is 4. The molecule has 7 nitrogen and oxygen atoms in total. The minimum Gasteiger partial charge on any atom is -0.352 e. The summed E-state index contributed by atoms with van der Waals surface area (Å²) >= 11 is 0. The second kappa shape index (κ2) is 9.02. The Bertz CT molecular complexity index is 1080. The molecule has 152 valence electrons. The Morgan fingerprint density at radius 1 is 1.10 bits per heavy atom. The van der Waals surface area contributed by atoms with Gasteiger partial charge in [0.15, 0.2) is 0 Å². The number of nitrogens with one attached hydrogen (secondary N) is 2. The number of rotatable bonds is 8. The molecule has 0 unspecified atom stereocenters. The number of sulfonamides is 1. The largest absolute Gasteiger partial charge is 0.352 e. The standard InChI is InChI=1S/C21H24N4O3S/c1-16(2)24-29(27,28)20-10-6-7-18(13-20)21(26)22-12-11-17-14-23-25(15-17)19-8-4-3-5-9-19/h3-10,13-16,24H,11-12H2,1-2H3,(H,22,26). The first-order valence-corrected chi connectivity index (χ1v) is 10.8. The molecule has 0 aliphatic carbocycles. The lowest BCUT2D eigenvalue weighted by atomic mass is 10.2. The first-order valence-electron chi connectivity index (χ1n) is 9.35. The summed E-state index contributed by atoms with van der Waals surface area (Å²) in [5.74, 6) is -0.318. The van der Waals surface area contributed by atoms with Crippen molar-refractivity contribution in [3.63, 3.8) is 0 Å². The van der Waals surface area contributed by atoms with Crippen LogP contribution < -0.4 is 10.0 Å². The quantitative estimate of drug-likeness (QED) is 0.595. The lowest BCUT2D eigenvalue weighted by molar-refractivity contribution is 0.0954. The summed E-state index contributed by atoms with van der Waals surface area (Å²) in [6, 6.07) is 15.6. The molecule has 1 aromatic heterocycles. The molecule has 0 radical (unpaired) electrons. The second-order valence-electron chi connectivity index (χ2n) is 6.94. The molecule has 3 aromatic rings. The highest BCUT2D eigenvalue weighted by atomic mass is 32.2. The average Bonchev–Trinajstić information content (AvgIpc) is 3.17. The Kier molecular flexibility index (Phi) is 6.46. The van der Waals surface area contributed by atoms with Gasteiger partial charge in [0.1, 0.15) is 0 Å². The van der Waals surface area contributed by atoms with Crippen LogP contribution in [-0.2, 0) is 16.4 Å². The van der Waals surface area contributed by atoms with Gasteiger partial charge >= 0.3 is 0 Å². The summed E-state index contributed by atoms with van der Waals surface area (Å²) in [5, 5.41) is 7.16. The first kappa shape index (κ1) is 20.8. The minimum atomic E-state index is -3.64. The number of para-hydroxylation sites is 1. The number of benzene rings is 2. The monoisotopic (exact) mass is 412 g/mol. The normalized spacial score (nSPS) is 11.6. The number of aromatic nitrogens is 2. The Morgan fingerprint density at radius 2 is 1.86 bits per heavy atom. The van der Waals surface area contributed by atoms with Gasteiger partial charge in [-0.3, -0.25) is 4.79 Å². The van der Waals surface area contributed by atoms with Crippen molar-refractivity contribution in [1.29, 1.82) is 0 Å². The van der Waals surface area contributed by atoms with Crippen molar-refractivity contribution in [3.05, 3.63) is 78.1 Å². The maximum Gasteiger partial charge on any atom is 0.251 e. The fourth-order valence-electron chi connectivity index (χ4n) is 2.82. The molecule has 0 bridgehead atoms. The molecule has 8 heteroatoms. The maximum atomic E-state index is 12.4. The van der Waals surface area contributed by atoms with Gasteiger partial charge in [-0.1, -0.05) is 24.3 Å². The lowest BCUT2D eigenvalue weighted by Crippen LogP contribution is -2.30. The van der Waals surface area contributed by atoms with E-state index in [4.69, 9.17) is 0 Å². The Hall–Kier alpha value is -2.97. The van der Waals surface area contributed by atoms with Crippen molar-refractivity contribution in [1.82, 2.24) is 19.8 Å². The molecule has 29 heavy (non-hydrogen) atoms. The highest BCUT2D eigenvalue weighted by molar-refractivity contribution is 7.89. The minimum absolute atomic E-state index is 0.0722. The highest BCUT2D eigenvalue weighted by Crippen LogP contribution is 2.12. The molecule has 1 amide bonds. The van der Waals surface area contributed by atoms with E-state index in [0.717, 1.165) is 11.3 Å². The van der Waals surface area contributed by atoms with Crippen LogP contribution in [0.3, 0.4) is 0 Å². The zero-order chi connectivity index (χ0) is 20.9. The van der Waals surface area contributed by atoms with Gasteiger partial charge in [-0.05, 0) is 56.2 Å². The second-order valence-corrected chi connectivity index (χ2v) is 8.65.